The van der Waals surface area contributed by atoms with Crippen LogP contribution in [0, 0.1) is 34.4 Å². The predicted molar refractivity (Wildman–Crippen MR) is 164 cm³/mol. The van der Waals surface area contributed by atoms with Crippen molar-refractivity contribution in [1.82, 2.24) is 15.2 Å². The number of hydrogen-bond acceptors (Lipinski definition) is 10. The number of rotatable bonds is 5. The third-order valence-corrected chi connectivity index (χ3v) is 7.98. The number of fused-ring (bicyclic) bond motifs is 1. The minimum atomic E-state index is -0.625. The number of nitrogen functional groups attached to an aromatic ring is 2. The van der Waals surface area contributed by atoms with Gasteiger partial charge in [0.25, 0.3) is 0 Å². The molecule has 1 aromatic heterocycles. The predicted octanol–water partition coefficient (Wildman–Crippen LogP) is 4.25. The largest absolute Gasteiger partial charge is 0.397 e. The van der Waals surface area contributed by atoms with Crippen LogP contribution in [0.5, 0.6) is 0 Å². The maximum atomic E-state index is 13.7. The Morgan fingerprint density at radius 3 is 2.00 bits per heavy atom. The average Bonchev–Trinajstić information content (AvgIpc) is 3.03. The lowest BCUT2D eigenvalue weighted by Gasteiger charge is -2.40. The molecule has 44 heavy (non-hydrogen) atoms. The van der Waals surface area contributed by atoms with Crippen LogP contribution < -0.4 is 27.0 Å². The molecule has 1 saturated heterocycles. The van der Waals surface area contributed by atoms with Gasteiger partial charge in [0.2, 0.25) is 5.96 Å². The molecule has 10 nitrogen and oxygen atoms in total. The molecular weight excluding hydrogens is 562 g/mol. The van der Waals surface area contributed by atoms with Crippen molar-refractivity contribution in [2.24, 2.45) is 4.99 Å². The average molecular weight is 591 g/mol. The van der Waals surface area contributed by atoms with Crippen LogP contribution >= 0.6 is 0 Å². The Hall–Kier alpha value is -5.72. The Bertz CT molecular complexity index is 1740. The highest BCUT2D eigenvalue weighted by Gasteiger charge is 2.30. The lowest BCUT2D eigenvalue weighted by atomic mass is 9.94. The van der Waals surface area contributed by atoms with E-state index < -0.39 is 6.04 Å². The smallest absolute Gasteiger partial charge is 0.211 e. The second kappa shape index (κ2) is 11.9. The summed E-state index contributed by atoms with van der Waals surface area (Å²) < 4.78 is 27.4. The van der Waals surface area contributed by atoms with Gasteiger partial charge in [-0.25, -0.2) is 18.8 Å². The molecule has 6 rings (SSSR count). The summed E-state index contributed by atoms with van der Waals surface area (Å²) in [5.41, 5.74) is 16.8. The monoisotopic (exact) mass is 590 g/mol. The molecule has 1 unspecified atom stereocenters. The van der Waals surface area contributed by atoms with Crippen LogP contribution in [0.1, 0.15) is 39.9 Å². The van der Waals surface area contributed by atoms with Gasteiger partial charge < -0.3 is 21.7 Å². The molecule has 0 radical (unpaired) electrons. The zero-order valence-electron chi connectivity index (χ0n) is 23.5. The van der Waals surface area contributed by atoms with Gasteiger partial charge in [0.1, 0.15) is 40.9 Å². The molecule has 0 amide bonds. The summed E-state index contributed by atoms with van der Waals surface area (Å²) >= 11 is 0. The normalized spacial score (nSPS) is 16.3. The van der Waals surface area contributed by atoms with E-state index in [0.29, 0.717) is 11.4 Å². The fraction of sp³-hybridized carbons (Fsp3) is 0.188. The number of hydrogen-bond donors (Lipinski definition) is 4. The summed E-state index contributed by atoms with van der Waals surface area (Å²) in [6.07, 6.45) is 1.85. The number of pyridine rings is 1. The van der Waals surface area contributed by atoms with Crippen molar-refractivity contribution in [2.45, 2.75) is 12.1 Å². The van der Waals surface area contributed by atoms with Gasteiger partial charge in [-0.15, -0.1) is 0 Å². The first kappa shape index (κ1) is 28.4. The van der Waals surface area contributed by atoms with Crippen molar-refractivity contribution in [3.05, 3.63) is 112 Å². The molecular formula is C32H28F2N10. The molecule has 3 aromatic carbocycles. The number of anilines is 4. The Kier molecular flexibility index (Phi) is 7.67. The number of piperazine rings is 1. The fourth-order valence-electron chi connectivity index (χ4n) is 5.83. The van der Waals surface area contributed by atoms with Gasteiger partial charge >= 0.3 is 0 Å². The number of aromatic nitrogens is 1. The Morgan fingerprint density at radius 2 is 1.45 bits per heavy atom. The molecule has 4 aromatic rings. The van der Waals surface area contributed by atoms with Crippen molar-refractivity contribution in [2.75, 3.05) is 47.9 Å². The standard InChI is InChI=1S/C32H28F2N10/c33-22-7-1-20(2-8-22)29(21-3-9-23(34)10-4-21)44-15-13-43(14-16-44)24-11-5-19(6-12-24)28-26-27(37)25(17-35)30(38)41-31(26)42-32(40-28)39-18-36/h1-12,28-29H,13-16H2,(H6,37,38,39,40,41,42). The maximum Gasteiger partial charge on any atom is 0.211 e. The number of nitrogens with two attached hydrogens (primary N) is 2. The fourth-order valence-corrected chi connectivity index (χ4v) is 5.83. The maximum absolute atomic E-state index is 13.7. The van der Waals surface area contributed by atoms with E-state index in [1.807, 2.05) is 36.5 Å². The first-order chi connectivity index (χ1) is 21.4. The highest BCUT2D eigenvalue weighted by atomic mass is 19.1. The molecule has 1 fully saturated rings. The molecule has 220 valence electrons. The van der Waals surface area contributed by atoms with Crippen LogP contribution in [0.4, 0.5) is 31.8 Å². The van der Waals surface area contributed by atoms with Gasteiger partial charge in [0, 0.05) is 37.4 Å². The van der Waals surface area contributed by atoms with E-state index >= 15 is 0 Å². The molecule has 2 aliphatic rings. The number of aliphatic imine (C=N–C) groups is 1. The van der Waals surface area contributed by atoms with Gasteiger partial charge in [-0.2, -0.15) is 10.5 Å². The molecule has 0 bridgehead atoms. The van der Waals surface area contributed by atoms with Gasteiger partial charge in [0.05, 0.1) is 11.7 Å². The van der Waals surface area contributed by atoms with Crippen molar-refractivity contribution in [1.29, 1.82) is 10.5 Å². The zero-order chi connectivity index (χ0) is 30.8. The van der Waals surface area contributed by atoms with Crippen molar-refractivity contribution in [3.8, 4) is 12.3 Å². The van der Waals surface area contributed by atoms with E-state index in [1.165, 1.54) is 24.3 Å². The summed E-state index contributed by atoms with van der Waals surface area (Å²) in [5.74, 6) is -0.0926. The molecule has 6 N–H and O–H groups in total. The number of benzene rings is 3. The first-order valence-corrected chi connectivity index (χ1v) is 13.9. The van der Waals surface area contributed by atoms with Gasteiger partial charge in [0.15, 0.2) is 6.19 Å². The summed E-state index contributed by atoms with van der Waals surface area (Å²) in [6, 6.07) is 22.1. The van der Waals surface area contributed by atoms with Crippen LogP contribution in [0.3, 0.4) is 0 Å². The molecule has 0 aliphatic carbocycles. The molecule has 12 heteroatoms. The molecule has 0 spiro atoms. The lowest BCUT2D eigenvalue weighted by Crippen LogP contribution is -2.48. The Morgan fingerprint density at radius 1 is 0.864 bits per heavy atom. The highest BCUT2D eigenvalue weighted by molar-refractivity contribution is 5.98. The third-order valence-electron chi connectivity index (χ3n) is 7.98. The SMILES string of the molecule is N#CNC1=NC(c2ccc(N3CCN(C(c4ccc(F)cc4)c4ccc(F)cc4)CC3)cc2)c2c(nc(N)c(C#N)c2N)N1. The molecule has 1 atom stereocenters. The van der Waals surface area contributed by atoms with Crippen molar-refractivity contribution in [3.63, 3.8) is 0 Å². The second-order valence-electron chi connectivity index (χ2n) is 10.5. The highest BCUT2D eigenvalue weighted by Crippen LogP contribution is 2.41. The minimum absolute atomic E-state index is 0.0104. The summed E-state index contributed by atoms with van der Waals surface area (Å²) in [6.45, 7) is 2.95. The third kappa shape index (κ3) is 5.42. The van der Waals surface area contributed by atoms with Gasteiger partial charge in [-0.1, -0.05) is 36.4 Å². The van der Waals surface area contributed by atoms with Crippen molar-refractivity contribution < 1.29 is 8.78 Å². The van der Waals surface area contributed by atoms with Crippen molar-refractivity contribution >= 4 is 29.0 Å². The number of nitriles is 2. The van der Waals surface area contributed by atoms with Gasteiger partial charge in [-0.3, -0.25) is 10.2 Å². The van der Waals surface area contributed by atoms with Crippen LogP contribution in [0.15, 0.2) is 77.8 Å². The number of nitrogens with one attached hydrogen (secondary N) is 2. The van der Waals surface area contributed by atoms with Crippen LogP contribution in [0.2, 0.25) is 0 Å². The van der Waals surface area contributed by atoms with Crippen LogP contribution in [0.25, 0.3) is 0 Å². The summed E-state index contributed by atoms with van der Waals surface area (Å²) in [4.78, 5) is 13.5. The second-order valence-corrected chi connectivity index (χ2v) is 10.5. The number of halogens is 2. The van der Waals surface area contributed by atoms with E-state index in [4.69, 9.17) is 16.7 Å². The zero-order valence-corrected chi connectivity index (χ0v) is 23.5. The first-order valence-electron chi connectivity index (χ1n) is 13.9. The number of nitrogens with zero attached hydrogens (tertiary/aromatic N) is 6. The van der Waals surface area contributed by atoms with E-state index in [2.05, 4.69) is 30.4 Å². The van der Waals surface area contributed by atoms with Crippen LogP contribution in [-0.2, 0) is 0 Å². The molecule has 2 aliphatic heterocycles. The van der Waals surface area contributed by atoms with Gasteiger partial charge in [-0.05, 0) is 53.1 Å². The van der Waals surface area contributed by atoms with Crippen LogP contribution in [-0.4, -0.2) is 42.0 Å². The summed E-state index contributed by atoms with van der Waals surface area (Å²) in [7, 11) is 0. The van der Waals surface area contributed by atoms with E-state index in [-0.39, 0.29) is 40.7 Å². The molecule has 0 saturated carbocycles. The van der Waals surface area contributed by atoms with E-state index in [0.717, 1.165) is 48.6 Å². The lowest BCUT2D eigenvalue weighted by molar-refractivity contribution is 0.212. The summed E-state index contributed by atoms with van der Waals surface area (Å²) in [5, 5.41) is 24.2. The topological polar surface area (TPSA) is 155 Å². The van der Waals surface area contributed by atoms with E-state index in [1.54, 1.807) is 24.3 Å². The minimum Gasteiger partial charge on any atom is -0.397 e. The van der Waals surface area contributed by atoms with E-state index in [9.17, 15) is 14.0 Å². The quantitative estimate of drug-likeness (QED) is 0.197. The molecule has 3 heterocycles. The Labute approximate surface area is 252 Å². The Balaban J connectivity index is 1.23. The number of guanidine groups is 1.